The molecule has 0 saturated carbocycles. The lowest BCUT2D eigenvalue weighted by atomic mass is 10.1. The molecular weight excluding hydrogens is 294 g/mol. The number of morpholine rings is 1. The molecule has 0 aliphatic carbocycles. The summed E-state index contributed by atoms with van der Waals surface area (Å²) in [6.45, 7) is 5.92. The number of nitrogens with one attached hydrogen (secondary N) is 1. The topological polar surface area (TPSA) is 67.6 Å². The summed E-state index contributed by atoms with van der Waals surface area (Å²) in [5.41, 5.74) is 2.25. The van der Waals surface area contributed by atoms with Crippen LogP contribution in [0, 0.1) is 0 Å². The second-order valence-corrected chi connectivity index (χ2v) is 5.58. The van der Waals surface area contributed by atoms with Gasteiger partial charge in [0.2, 0.25) is 0 Å². The molecule has 0 bridgehead atoms. The fraction of sp³-hybridized carbons (Fsp3) is 0.412. The zero-order valence-electron chi connectivity index (χ0n) is 13.2. The standard InChI is InChI=1S/C17H21N3O3/c1-2-13-4-3-5-14(10-13)18-17(21)16-11-15(23-19-16)12-20-6-8-22-9-7-20/h3-5,10-11H,2,6-9,12H2,1H3,(H,18,21). The van der Waals surface area contributed by atoms with Crippen LogP contribution in [0.4, 0.5) is 5.69 Å². The van der Waals surface area contributed by atoms with Crippen LogP contribution < -0.4 is 5.32 Å². The molecule has 1 aliphatic rings. The summed E-state index contributed by atoms with van der Waals surface area (Å²) in [5, 5.41) is 6.73. The van der Waals surface area contributed by atoms with Crippen molar-refractivity contribution in [2.45, 2.75) is 19.9 Å². The number of benzene rings is 1. The van der Waals surface area contributed by atoms with Crippen LogP contribution in [0.2, 0.25) is 0 Å². The molecule has 1 aromatic heterocycles. The lowest BCUT2D eigenvalue weighted by Gasteiger charge is -2.25. The van der Waals surface area contributed by atoms with Crippen LogP contribution >= 0.6 is 0 Å². The number of aryl methyl sites for hydroxylation is 1. The molecule has 23 heavy (non-hydrogen) atoms. The highest BCUT2D eigenvalue weighted by molar-refractivity contribution is 6.02. The summed E-state index contributed by atoms with van der Waals surface area (Å²) in [5.74, 6) is 0.439. The van der Waals surface area contributed by atoms with E-state index in [1.807, 2.05) is 24.3 Å². The molecule has 0 unspecified atom stereocenters. The molecule has 1 fully saturated rings. The Balaban J connectivity index is 1.61. The van der Waals surface area contributed by atoms with E-state index in [2.05, 4.69) is 22.3 Å². The lowest BCUT2D eigenvalue weighted by molar-refractivity contribution is 0.0305. The number of hydrogen-bond acceptors (Lipinski definition) is 5. The number of carbonyl (C=O) groups excluding carboxylic acids is 1. The highest BCUT2D eigenvalue weighted by atomic mass is 16.5. The van der Waals surface area contributed by atoms with Gasteiger partial charge < -0.3 is 14.6 Å². The summed E-state index contributed by atoms with van der Waals surface area (Å²) in [4.78, 5) is 14.5. The molecule has 1 aliphatic heterocycles. The lowest BCUT2D eigenvalue weighted by Crippen LogP contribution is -2.35. The van der Waals surface area contributed by atoms with Gasteiger partial charge in [0, 0.05) is 24.8 Å². The normalized spacial score (nSPS) is 15.5. The van der Waals surface area contributed by atoms with Gasteiger partial charge in [0.1, 0.15) is 0 Å². The Labute approximate surface area is 135 Å². The van der Waals surface area contributed by atoms with Crippen molar-refractivity contribution in [3.63, 3.8) is 0 Å². The van der Waals surface area contributed by atoms with Crippen molar-refractivity contribution < 1.29 is 14.1 Å². The predicted octanol–water partition coefficient (Wildman–Crippen LogP) is 2.32. The zero-order valence-corrected chi connectivity index (χ0v) is 13.2. The number of amides is 1. The largest absolute Gasteiger partial charge is 0.379 e. The minimum atomic E-state index is -0.254. The zero-order chi connectivity index (χ0) is 16.1. The van der Waals surface area contributed by atoms with Crippen LogP contribution in [0.15, 0.2) is 34.9 Å². The Morgan fingerprint density at radius 1 is 1.30 bits per heavy atom. The third-order valence-corrected chi connectivity index (χ3v) is 3.87. The quantitative estimate of drug-likeness (QED) is 0.917. The number of carbonyl (C=O) groups is 1. The molecule has 1 N–H and O–H groups in total. The molecule has 6 heteroatoms. The average Bonchev–Trinajstić information content (AvgIpc) is 3.04. The number of hydrogen-bond donors (Lipinski definition) is 1. The number of rotatable bonds is 5. The van der Waals surface area contributed by atoms with Gasteiger partial charge in [-0.05, 0) is 24.1 Å². The summed E-state index contributed by atoms with van der Waals surface area (Å²) in [6, 6.07) is 9.50. The first-order valence-electron chi connectivity index (χ1n) is 7.90. The van der Waals surface area contributed by atoms with Crippen molar-refractivity contribution in [3.05, 3.63) is 47.3 Å². The Hall–Kier alpha value is -2.18. The Morgan fingerprint density at radius 2 is 2.13 bits per heavy atom. The van der Waals surface area contributed by atoms with E-state index in [9.17, 15) is 4.79 Å². The molecule has 0 spiro atoms. The maximum Gasteiger partial charge on any atom is 0.277 e. The molecule has 1 saturated heterocycles. The van der Waals surface area contributed by atoms with E-state index in [1.165, 1.54) is 5.56 Å². The van der Waals surface area contributed by atoms with Gasteiger partial charge in [0.15, 0.2) is 11.5 Å². The van der Waals surface area contributed by atoms with E-state index < -0.39 is 0 Å². The highest BCUT2D eigenvalue weighted by Crippen LogP contribution is 2.14. The van der Waals surface area contributed by atoms with Gasteiger partial charge in [-0.15, -0.1) is 0 Å². The summed E-state index contributed by atoms with van der Waals surface area (Å²) >= 11 is 0. The van der Waals surface area contributed by atoms with Crippen molar-refractivity contribution in [2.24, 2.45) is 0 Å². The number of aromatic nitrogens is 1. The number of nitrogens with zero attached hydrogens (tertiary/aromatic N) is 2. The van der Waals surface area contributed by atoms with E-state index in [4.69, 9.17) is 9.26 Å². The van der Waals surface area contributed by atoms with Crippen LogP contribution in [-0.4, -0.2) is 42.3 Å². The van der Waals surface area contributed by atoms with Gasteiger partial charge in [-0.1, -0.05) is 24.2 Å². The second-order valence-electron chi connectivity index (χ2n) is 5.58. The fourth-order valence-electron chi connectivity index (χ4n) is 2.54. The van der Waals surface area contributed by atoms with Gasteiger partial charge in [-0.3, -0.25) is 9.69 Å². The molecule has 0 radical (unpaired) electrons. The molecule has 6 nitrogen and oxygen atoms in total. The van der Waals surface area contributed by atoms with Gasteiger partial charge in [-0.2, -0.15) is 0 Å². The minimum absolute atomic E-state index is 0.254. The first-order valence-corrected chi connectivity index (χ1v) is 7.90. The number of ether oxygens (including phenoxy) is 1. The Morgan fingerprint density at radius 3 is 2.91 bits per heavy atom. The maximum absolute atomic E-state index is 12.3. The SMILES string of the molecule is CCc1cccc(NC(=O)c2cc(CN3CCOCC3)on2)c1. The summed E-state index contributed by atoms with van der Waals surface area (Å²) in [6.07, 6.45) is 0.928. The molecule has 122 valence electrons. The first kappa shape index (κ1) is 15.7. The third-order valence-electron chi connectivity index (χ3n) is 3.87. The minimum Gasteiger partial charge on any atom is -0.379 e. The molecular formula is C17H21N3O3. The van der Waals surface area contributed by atoms with Crippen molar-refractivity contribution in [2.75, 3.05) is 31.6 Å². The van der Waals surface area contributed by atoms with Crippen LogP contribution in [0.25, 0.3) is 0 Å². The third kappa shape index (κ3) is 4.18. The van der Waals surface area contributed by atoms with Crippen LogP contribution in [0.5, 0.6) is 0 Å². The van der Waals surface area contributed by atoms with Gasteiger partial charge >= 0.3 is 0 Å². The van der Waals surface area contributed by atoms with E-state index in [0.717, 1.165) is 38.4 Å². The summed E-state index contributed by atoms with van der Waals surface area (Å²) in [7, 11) is 0. The highest BCUT2D eigenvalue weighted by Gasteiger charge is 2.16. The Kier molecular flexibility index (Phi) is 5.05. The maximum atomic E-state index is 12.3. The Bertz CT molecular complexity index is 663. The molecule has 3 rings (SSSR count). The smallest absolute Gasteiger partial charge is 0.277 e. The fourth-order valence-corrected chi connectivity index (χ4v) is 2.54. The van der Waals surface area contributed by atoms with Gasteiger partial charge in [-0.25, -0.2) is 0 Å². The average molecular weight is 315 g/mol. The monoisotopic (exact) mass is 315 g/mol. The molecule has 1 aromatic carbocycles. The van der Waals surface area contributed by atoms with Crippen LogP contribution in [0.1, 0.15) is 28.7 Å². The summed E-state index contributed by atoms with van der Waals surface area (Å²) < 4.78 is 10.6. The number of anilines is 1. The van der Waals surface area contributed by atoms with Crippen molar-refractivity contribution in [3.8, 4) is 0 Å². The molecule has 0 atom stereocenters. The molecule has 2 aromatic rings. The van der Waals surface area contributed by atoms with Gasteiger partial charge in [0.05, 0.1) is 19.8 Å². The van der Waals surface area contributed by atoms with E-state index in [1.54, 1.807) is 6.07 Å². The van der Waals surface area contributed by atoms with E-state index in [0.29, 0.717) is 18.0 Å². The van der Waals surface area contributed by atoms with Crippen molar-refractivity contribution >= 4 is 11.6 Å². The van der Waals surface area contributed by atoms with Gasteiger partial charge in [0.25, 0.3) is 5.91 Å². The van der Waals surface area contributed by atoms with E-state index in [-0.39, 0.29) is 5.91 Å². The van der Waals surface area contributed by atoms with Crippen molar-refractivity contribution in [1.29, 1.82) is 0 Å². The first-order chi connectivity index (χ1) is 11.2. The van der Waals surface area contributed by atoms with Crippen LogP contribution in [-0.2, 0) is 17.7 Å². The van der Waals surface area contributed by atoms with Crippen LogP contribution in [0.3, 0.4) is 0 Å². The molecule has 1 amide bonds. The predicted molar refractivity (Wildman–Crippen MR) is 86.4 cm³/mol. The van der Waals surface area contributed by atoms with E-state index >= 15 is 0 Å². The molecule has 2 heterocycles. The van der Waals surface area contributed by atoms with Crippen molar-refractivity contribution in [1.82, 2.24) is 10.1 Å². The second kappa shape index (κ2) is 7.39.